The third-order valence-electron chi connectivity index (χ3n) is 4.44. The van der Waals surface area contributed by atoms with E-state index in [0.29, 0.717) is 0 Å². The Morgan fingerprint density at radius 1 is 1.23 bits per heavy atom. The summed E-state index contributed by atoms with van der Waals surface area (Å²) in [5, 5.41) is 10.6. The Morgan fingerprint density at radius 2 is 1.90 bits per heavy atom. The van der Waals surface area contributed by atoms with Gasteiger partial charge in [-0.05, 0) is 19.1 Å². The van der Waals surface area contributed by atoms with Crippen molar-refractivity contribution < 1.29 is 32.0 Å². The van der Waals surface area contributed by atoms with Gasteiger partial charge in [0.25, 0.3) is 15.7 Å². The molecule has 11 nitrogen and oxygen atoms in total. The van der Waals surface area contributed by atoms with E-state index in [2.05, 4.69) is 0 Å². The van der Waals surface area contributed by atoms with E-state index in [4.69, 9.17) is 13.7 Å². The molecule has 1 aromatic heterocycles. The minimum absolute atomic E-state index is 0.156. The molecule has 0 amide bonds. The highest BCUT2D eigenvalue weighted by Crippen LogP contribution is 2.33. The number of nitrogens with zero attached hydrogens (tertiary/aromatic N) is 1. The van der Waals surface area contributed by atoms with Crippen molar-refractivity contribution in [3.05, 3.63) is 62.9 Å². The van der Waals surface area contributed by atoms with Crippen LogP contribution in [0.15, 0.2) is 51.0 Å². The van der Waals surface area contributed by atoms with E-state index >= 15 is 0 Å². The number of H-pyrrole nitrogens is 1. The molecule has 1 aliphatic rings. The van der Waals surface area contributed by atoms with Crippen molar-refractivity contribution in [2.45, 2.75) is 43.3 Å². The first kappa shape index (κ1) is 21.9. The van der Waals surface area contributed by atoms with Gasteiger partial charge in [-0.15, -0.1) is 0 Å². The van der Waals surface area contributed by atoms with E-state index in [9.17, 15) is 27.9 Å². The summed E-state index contributed by atoms with van der Waals surface area (Å²) >= 11 is 0. The molecule has 1 saturated heterocycles. The van der Waals surface area contributed by atoms with Crippen molar-refractivity contribution in [3.8, 4) is 0 Å². The number of esters is 1. The molecule has 1 fully saturated rings. The van der Waals surface area contributed by atoms with Crippen molar-refractivity contribution in [2.24, 2.45) is 0 Å². The molecule has 2 unspecified atom stereocenters. The van der Waals surface area contributed by atoms with Crippen LogP contribution in [0, 0.1) is 6.92 Å². The number of ether oxygens (including phenoxy) is 2. The molecule has 2 aromatic rings. The Labute approximate surface area is 171 Å². The molecule has 12 heteroatoms. The molecule has 162 valence electrons. The standard InChI is InChI=1S/C18H20N2O9S/c1-10-3-5-12(6-4-10)30(25,26)29-16-15(23)13(9-27-11(2)21)28-17(16)20-8-7-14(22)19-18(20)24/h3-8,13,15-17,23H,9H2,1-2H3,(H,19,22,24)/t13-,15?,16?,17-/m0/s1. The van der Waals surface area contributed by atoms with Crippen LogP contribution in [0.2, 0.25) is 0 Å². The number of aliphatic hydroxyl groups is 1. The quantitative estimate of drug-likeness (QED) is 0.444. The second-order valence-corrected chi connectivity index (χ2v) is 8.28. The van der Waals surface area contributed by atoms with E-state index in [1.807, 2.05) is 4.98 Å². The molecule has 30 heavy (non-hydrogen) atoms. The number of carbonyl (C=O) groups is 1. The van der Waals surface area contributed by atoms with Gasteiger partial charge in [0.1, 0.15) is 18.8 Å². The first-order chi connectivity index (χ1) is 14.1. The van der Waals surface area contributed by atoms with E-state index in [1.54, 1.807) is 19.1 Å². The van der Waals surface area contributed by atoms with E-state index in [-0.39, 0.29) is 4.90 Å². The molecule has 0 spiro atoms. The molecule has 1 aromatic carbocycles. The average molecular weight is 440 g/mol. The van der Waals surface area contributed by atoms with E-state index < -0.39 is 58.5 Å². The zero-order chi connectivity index (χ0) is 22.1. The van der Waals surface area contributed by atoms with Crippen molar-refractivity contribution >= 4 is 16.1 Å². The highest BCUT2D eigenvalue weighted by molar-refractivity contribution is 7.86. The summed E-state index contributed by atoms with van der Waals surface area (Å²) < 4.78 is 41.9. The van der Waals surface area contributed by atoms with Gasteiger partial charge in [-0.1, -0.05) is 17.7 Å². The van der Waals surface area contributed by atoms with Gasteiger partial charge in [0.15, 0.2) is 12.3 Å². The summed E-state index contributed by atoms with van der Waals surface area (Å²) in [6, 6.07) is 6.85. The highest BCUT2D eigenvalue weighted by atomic mass is 32.2. The molecule has 0 aliphatic carbocycles. The van der Waals surface area contributed by atoms with Gasteiger partial charge in [-0.25, -0.2) is 4.79 Å². The first-order valence-corrected chi connectivity index (χ1v) is 10.3. The Bertz CT molecular complexity index is 1140. The number of carbonyl (C=O) groups excluding carboxylic acids is 1. The van der Waals surface area contributed by atoms with Gasteiger partial charge in [-0.3, -0.25) is 23.3 Å². The molecule has 2 N–H and O–H groups in total. The van der Waals surface area contributed by atoms with Crippen LogP contribution >= 0.6 is 0 Å². The zero-order valence-electron chi connectivity index (χ0n) is 16.0. The van der Waals surface area contributed by atoms with Crippen LogP contribution in [0.1, 0.15) is 18.7 Å². The number of rotatable bonds is 6. The lowest BCUT2D eigenvalue weighted by Crippen LogP contribution is -2.40. The van der Waals surface area contributed by atoms with Gasteiger partial charge in [0.2, 0.25) is 0 Å². The third kappa shape index (κ3) is 4.67. The van der Waals surface area contributed by atoms with E-state index in [0.717, 1.165) is 29.3 Å². The highest BCUT2D eigenvalue weighted by Gasteiger charge is 2.48. The summed E-state index contributed by atoms with van der Waals surface area (Å²) in [5.74, 6) is -0.639. The fourth-order valence-electron chi connectivity index (χ4n) is 2.92. The molecule has 0 saturated carbocycles. The zero-order valence-corrected chi connectivity index (χ0v) is 16.9. The van der Waals surface area contributed by atoms with Crippen LogP contribution in [-0.2, 0) is 28.6 Å². The molecule has 1 aliphatic heterocycles. The lowest BCUT2D eigenvalue weighted by Gasteiger charge is -2.21. The van der Waals surface area contributed by atoms with Crippen molar-refractivity contribution in [1.82, 2.24) is 9.55 Å². The second kappa shape index (κ2) is 8.52. The molecular formula is C18H20N2O9S. The van der Waals surface area contributed by atoms with Crippen LogP contribution in [0.4, 0.5) is 0 Å². The Kier molecular flexibility index (Phi) is 6.22. The van der Waals surface area contributed by atoms with Gasteiger partial charge >= 0.3 is 11.7 Å². The predicted octanol–water partition coefficient (Wildman–Crippen LogP) is -0.559. The Balaban J connectivity index is 1.96. The molecule has 0 radical (unpaired) electrons. The average Bonchev–Trinajstić information content (AvgIpc) is 2.96. The number of nitrogens with one attached hydrogen (secondary N) is 1. The number of aromatic nitrogens is 2. The third-order valence-corrected chi connectivity index (χ3v) is 5.76. The van der Waals surface area contributed by atoms with Gasteiger partial charge in [-0.2, -0.15) is 8.42 Å². The lowest BCUT2D eigenvalue weighted by atomic mass is 10.1. The normalized spacial score (nSPS) is 24.0. The topological polar surface area (TPSA) is 154 Å². The number of benzene rings is 1. The maximum Gasteiger partial charge on any atom is 0.330 e. The number of hydrogen-bond acceptors (Lipinski definition) is 9. The summed E-state index contributed by atoms with van der Waals surface area (Å²) in [6.07, 6.45) is -4.61. The summed E-state index contributed by atoms with van der Waals surface area (Å²) in [7, 11) is -4.35. The monoisotopic (exact) mass is 440 g/mol. The minimum atomic E-state index is -4.35. The largest absolute Gasteiger partial charge is 0.463 e. The van der Waals surface area contributed by atoms with Crippen LogP contribution in [0.5, 0.6) is 0 Å². The molecule has 0 bridgehead atoms. The predicted molar refractivity (Wildman–Crippen MR) is 101 cm³/mol. The molecule has 4 atom stereocenters. The lowest BCUT2D eigenvalue weighted by molar-refractivity contribution is -0.147. The maximum atomic E-state index is 12.7. The van der Waals surface area contributed by atoms with Crippen LogP contribution < -0.4 is 11.2 Å². The summed E-state index contributed by atoms with van der Waals surface area (Å²) in [4.78, 5) is 36.5. The summed E-state index contributed by atoms with van der Waals surface area (Å²) in [6.45, 7) is 2.54. The fraction of sp³-hybridized carbons (Fsp3) is 0.389. The smallest absolute Gasteiger partial charge is 0.330 e. The minimum Gasteiger partial charge on any atom is -0.463 e. The Morgan fingerprint density at radius 3 is 2.50 bits per heavy atom. The van der Waals surface area contributed by atoms with Gasteiger partial charge < -0.3 is 14.6 Å². The van der Waals surface area contributed by atoms with Crippen molar-refractivity contribution in [2.75, 3.05) is 6.61 Å². The van der Waals surface area contributed by atoms with E-state index in [1.165, 1.54) is 12.1 Å². The van der Waals surface area contributed by atoms with Crippen molar-refractivity contribution in [1.29, 1.82) is 0 Å². The Hall–Kier alpha value is -2.80. The van der Waals surface area contributed by atoms with Crippen LogP contribution in [0.3, 0.4) is 0 Å². The molecular weight excluding hydrogens is 420 g/mol. The van der Waals surface area contributed by atoms with Crippen LogP contribution in [0.25, 0.3) is 0 Å². The van der Waals surface area contributed by atoms with Crippen LogP contribution in [-0.4, -0.2) is 54.0 Å². The van der Waals surface area contributed by atoms with Gasteiger partial charge in [0.05, 0.1) is 4.90 Å². The number of aliphatic hydroxyl groups excluding tert-OH is 1. The number of aromatic amines is 1. The SMILES string of the molecule is CC(=O)OC[C@@H]1O[C@H](n2ccc(=O)[nH]c2=O)C(OS(=O)(=O)c2ccc(C)cc2)C1O. The first-order valence-electron chi connectivity index (χ1n) is 8.87. The van der Waals surface area contributed by atoms with Crippen molar-refractivity contribution in [3.63, 3.8) is 0 Å². The maximum absolute atomic E-state index is 12.7. The number of aryl methyl sites for hydroxylation is 1. The molecule has 2 heterocycles. The molecule has 3 rings (SSSR count). The second-order valence-electron chi connectivity index (χ2n) is 6.70. The summed E-state index contributed by atoms with van der Waals surface area (Å²) in [5.41, 5.74) is -0.734. The number of hydrogen-bond donors (Lipinski definition) is 2. The fourth-order valence-corrected chi connectivity index (χ4v) is 4.00. The van der Waals surface area contributed by atoms with Gasteiger partial charge in [0, 0.05) is 19.2 Å².